The number of urea groups is 1. The number of amides is 2. The van der Waals surface area contributed by atoms with Crippen molar-refractivity contribution in [3.63, 3.8) is 0 Å². The van der Waals surface area contributed by atoms with Gasteiger partial charge in [0.2, 0.25) is 5.13 Å². The molecule has 118 valence electrons. The first-order chi connectivity index (χ1) is 10.6. The number of hydrogen-bond donors (Lipinski definition) is 4. The summed E-state index contributed by atoms with van der Waals surface area (Å²) in [5, 5.41) is 7.70. The number of hydrogen-bond acceptors (Lipinski definition) is 5. The molecule has 0 saturated carbocycles. The molecule has 0 aliphatic rings. The van der Waals surface area contributed by atoms with E-state index >= 15 is 0 Å². The monoisotopic (exact) mass is 322 g/mol. The Bertz CT molecular complexity index is 659. The second-order valence-corrected chi connectivity index (χ2v) is 5.26. The molecule has 0 spiro atoms. The SMILES string of the molecule is CCCNC(=O)NCc1ccc(-c2csc(N=C(N)N)n2)o1. The van der Waals surface area contributed by atoms with E-state index in [9.17, 15) is 4.79 Å². The van der Waals surface area contributed by atoms with Crippen LogP contribution in [0, 0.1) is 0 Å². The van der Waals surface area contributed by atoms with Crippen molar-refractivity contribution in [3.05, 3.63) is 23.3 Å². The molecule has 8 nitrogen and oxygen atoms in total. The molecule has 2 amide bonds. The predicted molar refractivity (Wildman–Crippen MR) is 85.8 cm³/mol. The van der Waals surface area contributed by atoms with Crippen molar-refractivity contribution in [3.8, 4) is 11.5 Å². The Morgan fingerprint density at radius 3 is 2.95 bits per heavy atom. The van der Waals surface area contributed by atoms with Crippen molar-refractivity contribution in [1.82, 2.24) is 15.6 Å². The number of carbonyl (C=O) groups is 1. The highest BCUT2D eigenvalue weighted by Crippen LogP contribution is 2.27. The smallest absolute Gasteiger partial charge is 0.315 e. The number of nitrogens with one attached hydrogen (secondary N) is 2. The largest absolute Gasteiger partial charge is 0.458 e. The second kappa shape index (κ2) is 7.46. The summed E-state index contributed by atoms with van der Waals surface area (Å²) in [6, 6.07) is 3.35. The van der Waals surface area contributed by atoms with E-state index in [1.165, 1.54) is 11.3 Å². The van der Waals surface area contributed by atoms with E-state index in [0.717, 1.165) is 6.42 Å². The summed E-state index contributed by atoms with van der Waals surface area (Å²) in [6.45, 7) is 2.94. The number of aromatic nitrogens is 1. The molecule has 0 unspecified atom stereocenters. The first kappa shape index (κ1) is 15.8. The molecule has 0 bridgehead atoms. The molecule has 2 aromatic heterocycles. The molecule has 2 aromatic rings. The standard InChI is InChI=1S/C13H18N6O2S/c1-2-5-16-12(20)17-6-8-3-4-10(21-8)9-7-22-13(18-9)19-11(14)15/h3-4,7H,2,5-6H2,1H3,(H2,16,17,20)(H4,14,15,18,19). The summed E-state index contributed by atoms with van der Waals surface area (Å²) in [5.74, 6) is 1.19. The van der Waals surface area contributed by atoms with Crippen molar-refractivity contribution >= 4 is 28.5 Å². The highest BCUT2D eigenvalue weighted by molar-refractivity contribution is 7.13. The minimum absolute atomic E-state index is 0.0386. The van der Waals surface area contributed by atoms with Crippen LogP contribution in [0.3, 0.4) is 0 Å². The molecule has 2 rings (SSSR count). The lowest BCUT2D eigenvalue weighted by Gasteiger charge is -2.04. The van der Waals surface area contributed by atoms with Crippen LogP contribution in [0.5, 0.6) is 0 Å². The van der Waals surface area contributed by atoms with Crippen LogP contribution >= 0.6 is 11.3 Å². The molecular weight excluding hydrogens is 304 g/mol. The Morgan fingerprint density at radius 1 is 1.41 bits per heavy atom. The normalized spacial score (nSPS) is 10.2. The molecule has 0 aliphatic carbocycles. The third kappa shape index (κ3) is 4.48. The lowest BCUT2D eigenvalue weighted by molar-refractivity contribution is 0.239. The molecule has 9 heteroatoms. The van der Waals surface area contributed by atoms with Gasteiger partial charge in [0.25, 0.3) is 0 Å². The first-order valence-corrected chi connectivity index (χ1v) is 7.62. The van der Waals surface area contributed by atoms with Gasteiger partial charge in [-0.2, -0.15) is 4.99 Å². The Morgan fingerprint density at radius 2 is 2.23 bits per heavy atom. The van der Waals surface area contributed by atoms with Crippen LogP contribution in [-0.2, 0) is 6.54 Å². The van der Waals surface area contributed by atoms with Gasteiger partial charge in [-0.1, -0.05) is 6.92 Å². The third-order valence-electron chi connectivity index (χ3n) is 2.59. The zero-order valence-electron chi connectivity index (χ0n) is 12.1. The van der Waals surface area contributed by atoms with Crippen molar-refractivity contribution < 1.29 is 9.21 Å². The van der Waals surface area contributed by atoms with Gasteiger partial charge in [-0.15, -0.1) is 11.3 Å². The van der Waals surface area contributed by atoms with Crippen LogP contribution in [0.15, 0.2) is 26.9 Å². The Hall–Kier alpha value is -2.55. The second-order valence-electron chi connectivity index (χ2n) is 4.43. The lowest BCUT2D eigenvalue weighted by atomic mass is 10.3. The summed E-state index contributed by atoms with van der Waals surface area (Å²) < 4.78 is 5.63. The van der Waals surface area contributed by atoms with Crippen molar-refractivity contribution in [2.45, 2.75) is 19.9 Å². The summed E-state index contributed by atoms with van der Waals surface area (Å²) in [5.41, 5.74) is 11.3. The number of thiazole rings is 1. The van der Waals surface area contributed by atoms with Gasteiger partial charge in [0.05, 0.1) is 6.54 Å². The number of nitrogens with zero attached hydrogens (tertiary/aromatic N) is 2. The highest BCUT2D eigenvalue weighted by Gasteiger charge is 2.10. The number of furan rings is 1. The molecule has 0 radical (unpaired) electrons. The Balaban J connectivity index is 1.95. The topological polar surface area (TPSA) is 132 Å². The van der Waals surface area contributed by atoms with Crippen LogP contribution < -0.4 is 22.1 Å². The fourth-order valence-electron chi connectivity index (χ4n) is 1.62. The lowest BCUT2D eigenvalue weighted by Crippen LogP contribution is -2.35. The van der Waals surface area contributed by atoms with Gasteiger partial charge in [0.1, 0.15) is 11.5 Å². The minimum Gasteiger partial charge on any atom is -0.458 e. The number of nitrogens with two attached hydrogens (primary N) is 2. The van der Waals surface area contributed by atoms with Gasteiger partial charge in [-0.3, -0.25) is 0 Å². The van der Waals surface area contributed by atoms with E-state index < -0.39 is 0 Å². The fraction of sp³-hybridized carbons (Fsp3) is 0.308. The Labute approximate surface area is 131 Å². The van der Waals surface area contributed by atoms with Crippen LogP contribution in [0.25, 0.3) is 11.5 Å². The summed E-state index contributed by atoms with van der Waals surface area (Å²) in [7, 11) is 0. The van der Waals surface area contributed by atoms with Crippen molar-refractivity contribution in [2.24, 2.45) is 16.5 Å². The van der Waals surface area contributed by atoms with Crippen molar-refractivity contribution in [2.75, 3.05) is 6.54 Å². The molecular formula is C13H18N6O2S. The van der Waals surface area contributed by atoms with Crippen LogP contribution in [0.2, 0.25) is 0 Å². The maximum absolute atomic E-state index is 11.4. The fourth-order valence-corrected chi connectivity index (χ4v) is 2.31. The van der Waals surface area contributed by atoms with Gasteiger partial charge in [-0.05, 0) is 18.6 Å². The maximum Gasteiger partial charge on any atom is 0.315 e. The van der Waals surface area contributed by atoms with Gasteiger partial charge in [0.15, 0.2) is 11.7 Å². The third-order valence-corrected chi connectivity index (χ3v) is 3.32. The van der Waals surface area contributed by atoms with Crippen LogP contribution in [-0.4, -0.2) is 23.5 Å². The average Bonchev–Trinajstić information content (AvgIpc) is 3.11. The zero-order valence-corrected chi connectivity index (χ0v) is 12.9. The molecule has 2 heterocycles. The van der Waals surface area contributed by atoms with Gasteiger partial charge in [0, 0.05) is 11.9 Å². The van der Waals surface area contributed by atoms with E-state index in [-0.39, 0.29) is 12.0 Å². The molecule has 6 N–H and O–H groups in total. The summed E-state index contributed by atoms with van der Waals surface area (Å²) >= 11 is 1.31. The number of guanidine groups is 1. The van der Waals surface area contributed by atoms with Gasteiger partial charge >= 0.3 is 6.03 Å². The predicted octanol–water partition coefficient (Wildman–Crippen LogP) is 1.52. The van der Waals surface area contributed by atoms with Gasteiger partial charge in [-0.25, -0.2) is 9.78 Å². The van der Waals surface area contributed by atoms with Crippen LogP contribution in [0.1, 0.15) is 19.1 Å². The van der Waals surface area contributed by atoms with E-state index in [1.54, 1.807) is 17.5 Å². The van der Waals surface area contributed by atoms with E-state index in [4.69, 9.17) is 15.9 Å². The quantitative estimate of drug-likeness (QED) is 0.473. The Kier molecular flexibility index (Phi) is 5.37. The van der Waals surface area contributed by atoms with Gasteiger partial charge < -0.3 is 26.5 Å². The molecule has 0 aromatic carbocycles. The van der Waals surface area contributed by atoms with E-state index in [0.29, 0.717) is 35.4 Å². The number of aliphatic imine (C=N–C) groups is 1. The minimum atomic E-state index is -0.219. The van der Waals surface area contributed by atoms with Crippen molar-refractivity contribution in [1.29, 1.82) is 0 Å². The molecule has 22 heavy (non-hydrogen) atoms. The van der Waals surface area contributed by atoms with E-state index in [1.807, 2.05) is 6.92 Å². The summed E-state index contributed by atoms with van der Waals surface area (Å²) in [6.07, 6.45) is 0.889. The highest BCUT2D eigenvalue weighted by atomic mass is 32.1. The number of carbonyl (C=O) groups excluding carboxylic acids is 1. The first-order valence-electron chi connectivity index (χ1n) is 6.74. The van der Waals surface area contributed by atoms with E-state index in [2.05, 4.69) is 20.6 Å². The average molecular weight is 322 g/mol. The summed E-state index contributed by atoms with van der Waals surface area (Å²) in [4.78, 5) is 19.6. The number of rotatable bonds is 6. The van der Waals surface area contributed by atoms with Crippen LogP contribution in [0.4, 0.5) is 9.93 Å². The maximum atomic E-state index is 11.4. The molecule has 0 saturated heterocycles. The molecule has 0 fully saturated rings. The molecule has 0 aliphatic heterocycles. The molecule has 0 atom stereocenters. The zero-order chi connectivity index (χ0) is 15.9.